The standard InChI is InChI=1S/C14H25N3/c1-12(2)17(4)9-5-8-15-10-14-7-6-13(3)16-11-14/h6-7,11-12,15H,5,8-10H2,1-4H3. The fraction of sp³-hybridized carbons (Fsp3) is 0.643. The highest BCUT2D eigenvalue weighted by Crippen LogP contribution is 1.99. The maximum absolute atomic E-state index is 4.28. The average Bonchev–Trinajstić information content (AvgIpc) is 2.30. The third-order valence-corrected chi connectivity index (χ3v) is 3.05. The summed E-state index contributed by atoms with van der Waals surface area (Å²) in [6.45, 7) is 9.59. The van der Waals surface area contributed by atoms with Crippen molar-refractivity contribution < 1.29 is 0 Å². The van der Waals surface area contributed by atoms with E-state index in [1.807, 2.05) is 13.1 Å². The predicted octanol–water partition coefficient (Wildman–Crippen LogP) is 2.21. The molecule has 3 nitrogen and oxygen atoms in total. The number of nitrogens with zero attached hydrogens (tertiary/aromatic N) is 2. The lowest BCUT2D eigenvalue weighted by molar-refractivity contribution is 0.269. The van der Waals surface area contributed by atoms with Crippen molar-refractivity contribution in [3.05, 3.63) is 29.6 Å². The molecule has 0 atom stereocenters. The highest BCUT2D eigenvalue weighted by atomic mass is 15.1. The lowest BCUT2D eigenvalue weighted by atomic mass is 10.2. The summed E-state index contributed by atoms with van der Waals surface area (Å²) in [5.41, 5.74) is 2.33. The van der Waals surface area contributed by atoms with Crippen LogP contribution >= 0.6 is 0 Å². The molecule has 0 aliphatic rings. The van der Waals surface area contributed by atoms with Crippen molar-refractivity contribution in [2.24, 2.45) is 0 Å². The van der Waals surface area contributed by atoms with Crippen molar-refractivity contribution in [3.63, 3.8) is 0 Å². The van der Waals surface area contributed by atoms with Gasteiger partial charge in [0.25, 0.3) is 0 Å². The highest BCUT2D eigenvalue weighted by Gasteiger charge is 2.01. The second-order valence-electron chi connectivity index (χ2n) is 4.91. The summed E-state index contributed by atoms with van der Waals surface area (Å²) in [6.07, 6.45) is 3.14. The van der Waals surface area contributed by atoms with Gasteiger partial charge in [-0.1, -0.05) is 6.07 Å². The van der Waals surface area contributed by atoms with Gasteiger partial charge < -0.3 is 10.2 Å². The summed E-state index contributed by atoms with van der Waals surface area (Å²) in [5, 5.41) is 3.45. The summed E-state index contributed by atoms with van der Waals surface area (Å²) in [5.74, 6) is 0. The second-order valence-corrected chi connectivity index (χ2v) is 4.91. The Morgan fingerprint density at radius 3 is 2.71 bits per heavy atom. The zero-order valence-electron chi connectivity index (χ0n) is 11.5. The van der Waals surface area contributed by atoms with Gasteiger partial charge in [-0.25, -0.2) is 0 Å². The smallest absolute Gasteiger partial charge is 0.0372 e. The van der Waals surface area contributed by atoms with Crippen molar-refractivity contribution in [1.82, 2.24) is 15.2 Å². The third-order valence-electron chi connectivity index (χ3n) is 3.05. The van der Waals surface area contributed by atoms with E-state index in [1.165, 1.54) is 12.0 Å². The number of aryl methyl sites for hydroxylation is 1. The molecule has 0 aliphatic carbocycles. The molecular formula is C14H25N3. The van der Waals surface area contributed by atoms with Crippen LogP contribution in [0.3, 0.4) is 0 Å². The van der Waals surface area contributed by atoms with E-state index in [4.69, 9.17) is 0 Å². The van der Waals surface area contributed by atoms with Gasteiger partial charge in [0.05, 0.1) is 0 Å². The van der Waals surface area contributed by atoms with E-state index in [2.05, 4.69) is 48.2 Å². The molecule has 0 spiro atoms. The topological polar surface area (TPSA) is 28.2 Å². The first-order valence-corrected chi connectivity index (χ1v) is 6.42. The van der Waals surface area contributed by atoms with E-state index >= 15 is 0 Å². The van der Waals surface area contributed by atoms with E-state index in [9.17, 15) is 0 Å². The van der Waals surface area contributed by atoms with Crippen molar-refractivity contribution in [2.45, 2.75) is 39.8 Å². The van der Waals surface area contributed by atoms with Crippen LogP contribution in [0, 0.1) is 6.92 Å². The van der Waals surface area contributed by atoms with Crippen LogP contribution in [0.2, 0.25) is 0 Å². The van der Waals surface area contributed by atoms with Gasteiger partial charge in [0.15, 0.2) is 0 Å². The number of hydrogen-bond donors (Lipinski definition) is 1. The second kappa shape index (κ2) is 7.41. The van der Waals surface area contributed by atoms with Gasteiger partial charge in [-0.3, -0.25) is 4.98 Å². The molecule has 0 bridgehead atoms. The summed E-state index contributed by atoms with van der Waals surface area (Å²) in [6, 6.07) is 4.83. The molecule has 1 aromatic rings. The SMILES string of the molecule is Cc1ccc(CNCCCN(C)C(C)C)cn1. The largest absolute Gasteiger partial charge is 0.313 e. The molecule has 0 amide bonds. The zero-order valence-corrected chi connectivity index (χ0v) is 11.5. The van der Waals surface area contributed by atoms with E-state index < -0.39 is 0 Å². The molecule has 17 heavy (non-hydrogen) atoms. The number of aromatic nitrogens is 1. The number of rotatable bonds is 7. The first-order valence-electron chi connectivity index (χ1n) is 6.42. The zero-order chi connectivity index (χ0) is 12.7. The minimum absolute atomic E-state index is 0.635. The van der Waals surface area contributed by atoms with Crippen LogP contribution in [0.15, 0.2) is 18.3 Å². The Labute approximate surface area is 105 Å². The summed E-state index contributed by atoms with van der Waals surface area (Å²) < 4.78 is 0. The molecule has 1 heterocycles. The van der Waals surface area contributed by atoms with Gasteiger partial charge in [-0.15, -0.1) is 0 Å². The number of hydrogen-bond acceptors (Lipinski definition) is 3. The van der Waals surface area contributed by atoms with Gasteiger partial charge >= 0.3 is 0 Å². The van der Waals surface area contributed by atoms with Gasteiger partial charge in [-0.05, 0) is 59.0 Å². The lowest BCUT2D eigenvalue weighted by Crippen LogP contribution is -2.29. The minimum Gasteiger partial charge on any atom is -0.313 e. The molecule has 0 radical (unpaired) electrons. The molecule has 0 aromatic carbocycles. The van der Waals surface area contributed by atoms with Gasteiger partial charge in [0.2, 0.25) is 0 Å². The molecule has 0 fully saturated rings. The quantitative estimate of drug-likeness (QED) is 0.734. The van der Waals surface area contributed by atoms with E-state index in [1.54, 1.807) is 0 Å². The normalized spacial score (nSPS) is 11.4. The van der Waals surface area contributed by atoms with Gasteiger partial charge in [-0.2, -0.15) is 0 Å². The molecule has 3 heteroatoms. The highest BCUT2D eigenvalue weighted by molar-refractivity contribution is 5.12. The van der Waals surface area contributed by atoms with Crippen molar-refractivity contribution >= 4 is 0 Å². The minimum atomic E-state index is 0.635. The van der Waals surface area contributed by atoms with Crippen LogP contribution in [0.25, 0.3) is 0 Å². The monoisotopic (exact) mass is 235 g/mol. The molecular weight excluding hydrogens is 210 g/mol. The molecule has 0 unspecified atom stereocenters. The lowest BCUT2D eigenvalue weighted by Gasteiger charge is -2.20. The molecule has 0 aliphatic heterocycles. The number of pyridine rings is 1. The van der Waals surface area contributed by atoms with Crippen molar-refractivity contribution in [3.8, 4) is 0 Å². The summed E-state index contributed by atoms with van der Waals surface area (Å²) >= 11 is 0. The number of nitrogens with one attached hydrogen (secondary N) is 1. The Kier molecular flexibility index (Phi) is 6.16. The van der Waals surface area contributed by atoms with E-state index in [0.29, 0.717) is 6.04 Å². The molecule has 0 saturated carbocycles. The maximum atomic E-state index is 4.28. The molecule has 0 saturated heterocycles. The Hall–Kier alpha value is -0.930. The summed E-state index contributed by atoms with van der Waals surface area (Å²) in [7, 11) is 2.18. The Bertz CT molecular complexity index is 306. The van der Waals surface area contributed by atoms with Crippen LogP contribution < -0.4 is 5.32 Å². The van der Waals surface area contributed by atoms with Gasteiger partial charge in [0.1, 0.15) is 0 Å². The van der Waals surface area contributed by atoms with Crippen molar-refractivity contribution in [1.29, 1.82) is 0 Å². The van der Waals surface area contributed by atoms with Crippen LogP contribution in [0.1, 0.15) is 31.5 Å². The average molecular weight is 235 g/mol. The maximum Gasteiger partial charge on any atom is 0.0372 e. The first kappa shape index (κ1) is 14.1. The molecule has 1 N–H and O–H groups in total. The Balaban J connectivity index is 2.10. The van der Waals surface area contributed by atoms with Crippen LogP contribution in [-0.2, 0) is 6.54 Å². The Morgan fingerprint density at radius 1 is 1.35 bits per heavy atom. The third kappa shape index (κ3) is 5.80. The molecule has 1 rings (SSSR count). The molecule has 1 aromatic heterocycles. The fourth-order valence-electron chi connectivity index (χ4n) is 1.55. The fourth-order valence-corrected chi connectivity index (χ4v) is 1.55. The predicted molar refractivity (Wildman–Crippen MR) is 73.1 cm³/mol. The van der Waals surface area contributed by atoms with Crippen molar-refractivity contribution in [2.75, 3.05) is 20.1 Å². The van der Waals surface area contributed by atoms with Crippen LogP contribution in [-0.4, -0.2) is 36.1 Å². The van der Waals surface area contributed by atoms with E-state index in [-0.39, 0.29) is 0 Å². The Morgan fingerprint density at radius 2 is 2.12 bits per heavy atom. The van der Waals surface area contributed by atoms with Gasteiger partial charge in [0, 0.05) is 24.5 Å². The van der Waals surface area contributed by atoms with Crippen LogP contribution in [0.4, 0.5) is 0 Å². The van der Waals surface area contributed by atoms with E-state index in [0.717, 1.165) is 25.3 Å². The molecule has 96 valence electrons. The summed E-state index contributed by atoms with van der Waals surface area (Å²) in [4.78, 5) is 6.65. The van der Waals surface area contributed by atoms with Crippen LogP contribution in [0.5, 0.6) is 0 Å². The first-order chi connectivity index (χ1) is 8.09.